The smallest absolute Gasteiger partial charge is 0.493 e. The summed E-state index contributed by atoms with van der Waals surface area (Å²) in [6, 6.07) is 3.37. The molecule has 16 heteroatoms. The summed E-state index contributed by atoms with van der Waals surface area (Å²) in [6.45, 7) is 19.0. The van der Waals surface area contributed by atoms with Crippen molar-refractivity contribution >= 4 is 48.9 Å². The van der Waals surface area contributed by atoms with Gasteiger partial charge in [0.25, 0.3) is 17.5 Å². The van der Waals surface area contributed by atoms with Crippen LogP contribution < -0.4 is 9.47 Å². The van der Waals surface area contributed by atoms with Crippen LogP contribution in [-0.4, -0.2) is 66.9 Å². The number of nitro benzene ring substituents is 1. The van der Waals surface area contributed by atoms with Gasteiger partial charge in [-0.05, 0) is 70.3 Å². The molecular formula is C26H44N2O11Si3. The lowest BCUT2D eigenvalue weighted by atomic mass is 10.1. The van der Waals surface area contributed by atoms with Gasteiger partial charge in [0, 0.05) is 12.8 Å². The predicted octanol–water partition coefficient (Wildman–Crippen LogP) is 6.21. The lowest BCUT2D eigenvalue weighted by Crippen LogP contribution is -2.53. The van der Waals surface area contributed by atoms with Crippen molar-refractivity contribution in [3.05, 3.63) is 27.8 Å². The summed E-state index contributed by atoms with van der Waals surface area (Å²) in [6.07, 6.45) is -2.02. The van der Waals surface area contributed by atoms with Gasteiger partial charge in [-0.25, -0.2) is 4.79 Å². The first-order valence-corrected chi connectivity index (χ1v) is 22.8. The number of benzene rings is 1. The molecule has 0 aromatic heterocycles. The first kappa shape index (κ1) is 35.4. The molecule has 0 N–H and O–H groups in total. The number of rotatable bonds is 15. The highest BCUT2D eigenvalue weighted by Crippen LogP contribution is 2.39. The van der Waals surface area contributed by atoms with Crippen LogP contribution in [0, 0.1) is 10.1 Å². The number of amides is 2. The zero-order chi connectivity index (χ0) is 32.0. The van der Waals surface area contributed by atoms with Crippen LogP contribution in [-0.2, 0) is 27.4 Å². The van der Waals surface area contributed by atoms with Gasteiger partial charge in [0.1, 0.15) is 6.10 Å². The summed E-state index contributed by atoms with van der Waals surface area (Å²) in [7, 11) is -4.89. The molecule has 1 heterocycles. The maximum Gasteiger partial charge on any atom is 0.534 e. The third kappa shape index (κ3) is 9.89. The minimum Gasteiger partial charge on any atom is -0.493 e. The van der Waals surface area contributed by atoms with E-state index in [2.05, 4.69) is 53.1 Å². The number of ether oxygens (including phenoxy) is 3. The number of imide groups is 1. The van der Waals surface area contributed by atoms with Crippen LogP contribution in [0.4, 0.5) is 10.5 Å². The second-order valence-corrected chi connectivity index (χ2v) is 24.9. The molecule has 2 rings (SSSR count). The van der Waals surface area contributed by atoms with E-state index < -0.39 is 54.2 Å². The Bertz CT molecular complexity index is 1160. The summed E-state index contributed by atoms with van der Waals surface area (Å²) in [5.74, 6) is -0.974. The minimum atomic E-state index is -2.34. The number of hydrogen-bond donors (Lipinski definition) is 0. The highest BCUT2D eigenvalue weighted by Gasteiger charge is 2.41. The Morgan fingerprint density at radius 2 is 1.60 bits per heavy atom. The van der Waals surface area contributed by atoms with Crippen molar-refractivity contribution in [2.24, 2.45) is 0 Å². The van der Waals surface area contributed by atoms with Crippen molar-refractivity contribution in [3.8, 4) is 11.5 Å². The number of hydrogen-bond acceptors (Lipinski definition) is 11. The molecule has 1 aliphatic rings. The van der Waals surface area contributed by atoms with Crippen LogP contribution >= 0.6 is 0 Å². The van der Waals surface area contributed by atoms with E-state index in [1.165, 1.54) is 26.2 Å². The van der Waals surface area contributed by atoms with Crippen LogP contribution in [0.3, 0.4) is 0 Å². The van der Waals surface area contributed by atoms with E-state index in [0.717, 1.165) is 6.04 Å². The number of carbonyl (C=O) groups is 3. The molecule has 1 saturated heterocycles. The quantitative estimate of drug-likeness (QED) is 0.0535. The Balaban J connectivity index is 2.06. The molecule has 0 aliphatic carbocycles. The van der Waals surface area contributed by atoms with E-state index in [4.69, 9.17) is 27.3 Å². The van der Waals surface area contributed by atoms with E-state index in [1.54, 1.807) is 0 Å². The third-order valence-electron chi connectivity index (χ3n) is 6.99. The molecule has 1 aliphatic heterocycles. The van der Waals surface area contributed by atoms with Gasteiger partial charge < -0.3 is 22.4 Å². The topological polar surface area (TPSA) is 153 Å². The summed E-state index contributed by atoms with van der Waals surface area (Å²) in [4.78, 5) is 51.5. The number of methoxy groups -OCH3 is 1. The SMILES string of the molecule is COc1cc(C(C)OC(=O)ON2C(=O)CCC2=O)c([N+](=O)[O-])cc1OCCC[Si](C)(C)O[Si](C)(C)O[Si](C)(C)C(C)C. The van der Waals surface area contributed by atoms with Crippen molar-refractivity contribution in [3.63, 3.8) is 0 Å². The molecule has 1 fully saturated rings. The van der Waals surface area contributed by atoms with Crippen molar-refractivity contribution in [2.45, 2.75) is 97.0 Å². The van der Waals surface area contributed by atoms with Crippen LogP contribution in [0.5, 0.6) is 11.5 Å². The third-order valence-corrected chi connectivity index (χ3v) is 19.6. The molecule has 1 atom stereocenters. The Morgan fingerprint density at radius 1 is 1.00 bits per heavy atom. The second-order valence-electron chi connectivity index (χ2n) is 12.1. The highest BCUT2D eigenvalue weighted by atomic mass is 28.5. The maximum atomic E-state index is 12.2. The first-order valence-electron chi connectivity index (χ1n) is 13.9. The van der Waals surface area contributed by atoms with E-state index in [9.17, 15) is 24.5 Å². The first-order chi connectivity index (χ1) is 19.3. The van der Waals surface area contributed by atoms with Gasteiger partial charge in [-0.2, -0.15) is 0 Å². The Hall–Kier alpha value is -2.80. The Labute approximate surface area is 250 Å². The van der Waals surface area contributed by atoms with Gasteiger partial charge in [0.2, 0.25) is 0 Å². The van der Waals surface area contributed by atoms with Crippen LogP contribution in [0.1, 0.15) is 51.7 Å². The molecule has 1 unspecified atom stereocenters. The highest BCUT2D eigenvalue weighted by molar-refractivity contribution is 6.88. The normalized spacial score (nSPS) is 15.2. The van der Waals surface area contributed by atoms with Gasteiger partial charge in [-0.3, -0.25) is 24.5 Å². The molecule has 0 bridgehead atoms. The molecule has 0 spiro atoms. The van der Waals surface area contributed by atoms with Gasteiger partial charge >= 0.3 is 14.7 Å². The van der Waals surface area contributed by atoms with Crippen LogP contribution in [0.15, 0.2) is 12.1 Å². The van der Waals surface area contributed by atoms with E-state index in [0.29, 0.717) is 17.0 Å². The number of nitrogens with zero attached hydrogens (tertiary/aromatic N) is 2. The largest absolute Gasteiger partial charge is 0.534 e. The lowest BCUT2D eigenvalue weighted by molar-refractivity contribution is -0.386. The average Bonchev–Trinajstić information content (AvgIpc) is 3.16. The van der Waals surface area contributed by atoms with Crippen molar-refractivity contribution in [2.75, 3.05) is 13.7 Å². The number of nitro groups is 1. The zero-order valence-corrected chi connectivity index (χ0v) is 29.2. The van der Waals surface area contributed by atoms with Crippen molar-refractivity contribution in [1.82, 2.24) is 5.06 Å². The van der Waals surface area contributed by atoms with Crippen molar-refractivity contribution in [1.29, 1.82) is 0 Å². The second kappa shape index (κ2) is 14.1. The van der Waals surface area contributed by atoms with Crippen LogP contribution in [0.25, 0.3) is 0 Å². The van der Waals surface area contributed by atoms with Crippen molar-refractivity contribution < 1.29 is 46.6 Å². The predicted molar refractivity (Wildman–Crippen MR) is 161 cm³/mol. The van der Waals surface area contributed by atoms with Gasteiger partial charge in [0.05, 0.1) is 30.3 Å². The molecule has 236 valence electrons. The molecular weight excluding hydrogens is 601 g/mol. The molecule has 2 amide bonds. The standard InChI is InChI=1S/C26H44N2O11Si3/c1-18(2)41(7,8)39-42(9,10)38-40(5,6)15-11-14-35-23-17-21(28(32)33)20(16-22(23)34-4)19(3)36-26(31)37-27-24(29)12-13-25(27)30/h16-19H,11-15H2,1-10H3. The van der Waals surface area contributed by atoms with Gasteiger partial charge in [-0.15, -0.1) is 0 Å². The zero-order valence-electron chi connectivity index (χ0n) is 26.2. The Kier molecular flexibility index (Phi) is 11.9. The minimum absolute atomic E-state index is 0.0160. The fourth-order valence-electron chi connectivity index (χ4n) is 4.45. The summed E-state index contributed by atoms with van der Waals surface area (Å²) >= 11 is 0. The van der Waals surface area contributed by atoms with Gasteiger partial charge in [0.15, 0.2) is 28.1 Å². The molecule has 0 saturated carbocycles. The number of hydroxylamine groups is 2. The van der Waals surface area contributed by atoms with E-state index in [-0.39, 0.29) is 42.2 Å². The molecule has 42 heavy (non-hydrogen) atoms. The van der Waals surface area contributed by atoms with E-state index in [1.807, 2.05) is 0 Å². The van der Waals surface area contributed by atoms with Crippen LogP contribution in [0.2, 0.25) is 50.9 Å². The fraction of sp³-hybridized carbons (Fsp3) is 0.654. The Morgan fingerprint density at radius 3 is 2.12 bits per heavy atom. The molecule has 1 aromatic rings. The summed E-state index contributed by atoms with van der Waals surface area (Å²) in [5.41, 5.74) is 0.132. The lowest BCUT2D eigenvalue weighted by Gasteiger charge is -2.40. The monoisotopic (exact) mass is 644 g/mol. The van der Waals surface area contributed by atoms with Gasteiger partial charge in [-0.1, -0.05) is 18.9 Å². The fourth-order valence-corrected chi connectivity index (χ4v) is 17.7. The average molecular weight is 645 g/mol. The summed E-state index contributed by atoms with van der Waals surface area (Å²) < 4.78 is 29.6. The summed E-state index contributed by atoms with van der Waals surface area (Å²) in [5, 5.41) is 12.2. The molecule has 1 aromatic carbocycles. The number of carbonyl (C=O) groups excluding carboxylic acids is 3. The van der Waals surface area contributed by atoms with E-state index >= 15 is 0 Å². The molecule has 0 radical (unpaired) electrons. The molecule has 13 nitrogen and oxygen atoms in total. The maximum absolute atomic E-state index is 12.2.